The van der Waals surface area contributed by atoms with Gasteiger partial charge < -0.3 is 18.8 Å². The van der Waals surface area contributed by atoms with E-state index in [1.54, 1.807) is 24.3 Å². The topological polar surface area (TPSA) is 90.4 Å². The number of carbonyl (C=O) groups is 1. The van der Waals surface area contributed by atoms with Gasteiger partial charge in [-0.1, -0.05) is 29.8 Å². The van der Waals surface area contributed by atoms with Crippen LogP contribution >= 0.6 is 23.4 Å². The number of benzene rings is 2. The van der Waals surface area contributed by atoms with Crippen molar-refractivity contribution < 1.29 is 19.1 Å². The minimum Gasteiger partial charge on any atom is -0.496 e. The number of carboxylic acids is 1. The van der Waals surface area contributed by atoms with Gasteiger partial charge in [0.05, 0.1) is 18.4 Å². The highest BCUT2D eigenvalue weighted by Crippen LogP contribution is 2.36. The number of para-hydroxylation sites is 1. The van der Waals surface area contributed by atoms with E-state index in [0.717, 1.165) is 45.5 Å². The van der Waals surface area contributed by atoms with Crippen molar-refractivity contribution >= 4 is 35.4 Å². The molecular weight excluding hydrogens is 486 g/mol. The number of aryl methyl sites for hydroxylation is 3. The van der Waals surface area contributed by atoms with Crippen LogP contribution in [-0.4, -0.2) is 33.0 Å². The molecule has 0 spiro atoms. The highest BCUT2D eigenvalue weighted by Gasteiger charge is 2.20. The standard InChI is InChI=1S/C26H24ClN3O4S/c1-14-7-6-8-15(2)23(14)30-16(3)11-18(17(30)4)12-22(25(31)32)35-26-29-28-24(34-26)20-13-19(27)9-10-21(20)33-5/h6-13H,1-5H3,(H,31,32)/b22-12-. The van der Waals surface area contributed by atoms with Crippen LogP contribution in [0.15, 0.2) is 57.0 Å². The first-order valence-electron chi connectivity index (χ1n) is 10.8. The summed E-state index contributed by atoms with van der Waals surface area (Å²) in [6, 6.07) is 13.2. The average molecular weight is 510 g/mol. The van der Waals surface area contributed by atoms with Crippen LogP contribution < -0.4 is 4.74 Å². The van der Waals surface area contributed by atoms with Crippen molar-refractivity contribution in [2.75, 3.05) is 7.11 Å². The summed E-state index contributed by atoms with van der Waals surface area (Å²) in [5.74, 6) is -0.390. The van der Waals surface area contributed by atoms with Crippen molar-refractivity contribution in [1.82, 2.24) is 14.8 Å². The second kappa shape index (κ2) is 10.0. The highest BCUT2D eigenvalue weighted by atomic mass is 35.5. The maximum atomic E-state index is 12.1. The molecule has 0 bridgehead atoms. The van der Waals surface area contributed by atoms with E-state index in [2.05, 4.69) is 40.7 Å². The van der Waals surface area contributed by atoms with Gasteiger partial charge in [0, 0.05) is 16.4 Å². The number of ether oxygens (including phenoxy) is 1. The number of halogens is 1. The maximum Gasteiger partial charge on any atom is 0.342 e. The first-order valence-corrected chi connectivity index (χ1v) is 11.9. The molecule has 2 aromatic heterocycles. The number of hydrogen-bond acceptors (Lipinski definition) is 6. The highest BCUT2D eigenvalue weighted by molar-refractivity contribution is 8.03. The number of methoxy groups -OCH3 is 1. The lowest BCUT2D eigenvalue weighted by Crippen LogP contribution is -2.04. The summed E-state index contributed by atoms with van der Waals surface area (Å²) in [5.41, 5.74) is 6.66. The molecule has 7 nitrogen and oxygen atoms in total. The lowest BCUT2D eigenvalue weighted by molar-refractivity contribution is -0.131. The number of rotatable bonds is 7. The quantitative estimate of drug-likeness (QED) is 0.220. The first-order chi connectivity index (χ1) is 16.7. The molecule has 4 aromatic rings. The molecule has 0 aliphatic heterocycles. The van der Waals surface area contributed by atoms with E-state index in [1.165, 1.54) is 7.11 Å². The van der Waals surface area contributed by atoms with E-state index in [0.29, 0.717) is 16.3 Å². The Labute approximate surface area is 212 Å². The SMILES string of the molecule is COc1ccc(Cl)cc1-c1nnc(S/C(=C\c2cc(C)n(-c3c(C)cccc3C)c2C)C(=O)O)o1. The molecule has 2 aromatic carbocycles. The fourth-order valence-corrected chi connectivity index (χ4v) is 4.85. The molecule has 0 atom stereocenters. The average Bonchev–Trinajstić information content (AvgIpc) is 3.38. The summed E-state index contributed by atoms with van der Waals surface area (Å²) in [4.78, 5) is 12.1. The van der Waals surface area contributed by atoms with Crippen LogP contribution in [0.4, 0.5) is 0 Å². The van der Waals surface area contributed by atoms with Gasteiger partial charge in [0.2, 0.25) is 0 Å². The maximum absolute atomic E-state index is 12.1. The molecule has 0 saturated carbocycles. The number of carboxylic acid groups (broad SMARTS) is 1. The monoisotopic (exact) mass is 509 g/mol. The van der Waals surface area contributed by atoms with Gasteiger partial charge in [-0.15, -0.1) is 10.2 Å². The fraction of sp³-hybridized carbons (Fsp3) is 0.192. The Morgan fingerprint density at radius 2 is 1.83 bits per heavy atom. The lowest BCUT2D eigenvalue weighted by atomic mass is 10.1. The minimum atomic E-state index is -1.09. The van der Waals surface area contributed by atoms with E-state index in [-0.39, 0.29) is 16.0 Å². The molecule has 0 amide bonds. The van der Waals surface area contributed by atoms with E-state index in [1.807, 2.05) is 26.0 Å². The van der Waals surface area contributed by atoms with Crippen LogP contribution in [0.5, 0.6) is 5.75 Å². The van der Waals surface area contributed by atoms with Crippen LogP contribution in [0, 0.1) is 27.7 Å². The van der Waals surface area contributed by atoms with E-state index in [9.17, 15) is 9.90 Å². The zero-order valence-corrected chi connectivity index (χ0v) is 21.5. The third kappa shape index (κ3) is 4.99. The van der Waals surface area contributed by atoms with Gasteiger partial charge in [0.25, 0.3) is 11.1 Å². The van der Waals surface area contributed by atoms with Crippen LogP contribution in [-0.2, 0) is 4.79 Å². The summed E-state index contributed by atoms with van der Waals surface area (Å²) in [6.07, 6.45) is 1.63. The Bertz CT molecular complexity index is 1430. The van der Waals surface area contributed by atoms with Gasteiger partial charge in [-0.25, -0.2) is 4.79 Å². The summed E-state index contributed by atoms with van der Waals surface area (Å²) in [6.45, 7) is 8.12. The van der Waals surface area contributed by atoms with Gasteiger partial charge in [0.15, 0.2) is 0 Å². The molecule has 0 fully saturated rings. The van der Waals surface area contributed by atoms with Crippen LogP contribution in [0.1, 0.15) is 28.1 Å². The van der Waals surface area contributed by atoms with E-state index >= 15 is 0 Å². The summed E-state index contributed by atoms with van der Waals surface area (Å²) < 4.78 is 13.2. The third-order valence-electron chi connectivity index (χ3n) is 5.63. The summed E-state index contributed by atoms with van der Waals surface area (Å²) in [7, 11) is 1.53. The van der Waals surface area contributed by atoms with Crippen LogP contribution in [0.25, 0.3) is 23.2 Å². The first kappa shape index (κ1) is 24.6. The fourth-order valence-electron chi connectivity index (χ4n) is 4.01. The Hall–Kier alpha value is -3.49. The predicted octanol–water partition coefficient (Wildman–Crippen LogP) is 6.64. The number of nitrogens with zero attached hydrogens (tertiary/aromatic N) is 3. The second-order valence-corrected chi connectivity index (χ2v) is 9.47. The molecule has 1 N–H and O–H groups in total. The zero-order chi connectivity index (χ0) is 25.3. The van der Waals surface area contributed by atoms with Gasteiger partial charge in [-0.2, -0.15) is 0 Å². The van der Waals surface area contributed by atoms with Crippen molar-refractivity contribution in [2.45, 2.75) is 32.9 Å². The van der Waals surface area contributed by atoms with Gasteiger partial charge in [-0.05, 0) is 86.5 Å². The van der Waals surface area contributed by atoms with Gasteiger partial charge in [0.1, 0.15) is 10.7 Å². The summed E-state index contributed by atoms with van der Waals surface area (Å²) in [5, 5.41) is 18.5. The molecule has 9 heteroatoms. The van der Waals surface area contributed by atoms with Crippen molar-refractivity contribution in [3.63, 3.8) is 0 Å². The molecule has 0 unspecified atom stereocenters. The Morgan fingerprint density at radius 1 is 1.11 bits per heavy atom. The molecule has 4 rings (SSSR count). The molecule has 0 aliphatic rings. The third-order valence-corrected chi connectivity index (χ3v) is 6.71. The number of thioether (sulfide) groups is 1. The number of hydrogen-bond donors (Lipinski definition) is 1. The molecule has 0 aliphatic carbocycles. The number of aromatic nitrogens is 3. The molecule has 0 radical (unpaired) electrons. The molecule has 2 heterocycles. The Kier molecular flexibility index (Phi) is 7.05. The van der Waals surface area contributed by atoms with Crippen molar-refractivity contribution in [3.05, 3.63) is 80.5 Å². The minimum absolute atomic E-state index is 0.0556. The largest absolute Gasteiger partial charge is 0.496 e. The Balaban J connectivity index is 1.69. The van der Waals surface area contributed by atoms with Gasteiger partial charge in [-0.3, -0.25) is 0 Å². The summed E-state index contributed by atoms with van der Waals surface area (Å²) >= 11 is 6.99. The van der Waals surface area contributed by atoms with Crippen molar-refractivity contribution in [3.8, 4) is 22.9 Å². The lowest BCUT2D eigenvalue weighted by Gasteiger charge is -2.15. The smallest absolute Gasteiger partial charge is 0.342 e. The van der Waals surface area contributed by atoms with E-state index in [4.69, 9.17) is 20.8 Å². The normalized spacial score (nSPS) is 11.7. The van der Waals surface area contributed by atoms with Crippen LogP contribution in [0.3, 0.4) is 0 Å². The van der Waals surface area contributed by atoms with Gasteiger partial charge >= 0.3 is 5.97 Å². The molecule has 0 saturated heterocycles. The van der Waals surface area contributed by atoms with Crippen molar-refractivity contribution in [1.29, 1.82) is 0 Å². The number of aliphatic carboxylic acids is 1. The zero-order valence-electron chi connectivity index (χ0n) is 19.9. The molecule has 35 heavy (non-hydrogen) atoms. The molecule has 180 valence electrons. The Morgan fingerprint density at radius 3 is 2.49 bits per heavy atom. The van der Waals surface area contributed by atoms with Crippen LogP contribution in [0.2, 0.25) is 5.02 Å². The second-order valence-electron chi connectivity index (χ2n) is 8.04. The molecular formula is C26H24ClN3O4S. The van der Waals surface area contributed by atoms with Crippen molar-refractivity contribution in [2.24, 2.45) is 0 Å². The van der Waals surface area contributed by atoms with E-state index < -0.39 is 5.97 Å². The predicted molar refractivity (Wildman–Crippen MR) is 137 cm³/mol.